The Bertz CT molecular complexity index is 3840. The van der Waals surface area contributed by atoms with Crippen LogP contribution in [0.1, 0.15) is 112 Å². The van der Waals surface area contributed by atoms with Gasteiger partial charge in [-0.2, -0.15) is 0 Å². The minimum absolute atomic E-state index is 0.0202. The van der Waals surface area contributed by atoms with E-state index >= 15 is 0 Å². The van der Waals surface area contributed by atoms with E-state index in [1.54, 1.807) is 60.0 Å². The predicted octanol–water partition coefficient (Wildman–Crippen LogP) is 5.56. The molecule has 1 fully saturated rings. The summed E-state index contributed by atoms with van der Waals surface area (Å²) in [6, 6.07) is 5.73. The minimum atomic E-state index is -1.93. The van der Waals surface area contributed by atoms with Gasteiger partial charge in [-0.3, -0.25) is 28.8 Å². The van der Waals surface area contributed by atoms with Gasteiger partial charge in [0.2, 0.25) is 41.7 Å². The largest absolute Gasteiger partial charge is 0.479 e. The first-order chi connectivity index (χ1) is 47.6. The van der Waals surface area contributed by atoms with Gasteiger partial charge in [0, 0.05) is 119 Å². The number of carboxylic acid groups (broad SMARTS) is 1. The quantitative estimate of drug-likeness (QED) is 0.0191. The summed E-state index contributed by atoms with van der Waals surface area (Å²) in [5, 5.41) is 60.0. The SMILES string of the molecule is CC(=O)N[C@@H](CCCCN)C(=O)N[C@H](C(=O)N[C@@H](CCCNC(N)=O)C(=O)Nc1ccc(COC(=O)N(C)CCN(C)C(=O)Oc2cc3c(c4c(C)csc24)[C@H](CCl)CN3C(=O)CCCC(=O)N2C[C@@H](CCl)c3c2cc(O[C@@H]2O[C@H](C(=O)O)[C@@H](O)[C@H](O)[C@H]2O)c2scc(C)c32)cc1)C(C)C. The number of unbranched alkanes of at least 4 members (excludes halogenated alkanes) is 1. The lowest BCUT2D eigenvalue weighted by atomic mass is 9.96. The van der Waals surface area contributed by atoms with Crippen LogP contribution < -0.4 is 57.3 Å². The Kier molecular flexibility index (Phi) is 27.1. The highest BCUT2D eigenvalue weighted by Gasteiger charge is 2.49. The summed E-state index contributed by atoms with van der Waals surface area (Å²) in [4.78, 5) is 138. The van der Waals surface area contributed by atoms with E-state index in [4.69, 9.17) is 53.6 Å². The number of nitrogens with one attached hydrogen (secondary N) is 5. The molecule has 0 bridgehead atoms. The van der Waals surface area contributed by atoms with E-state index in [2.05, 4.69) is 26.6 Å². The lowest BCUT2D eigenvalue weighted by Crippen LogP contribution is -2.61. The number of carbonyl (C=O) groups excluding carboxylic acids is 9. The molecule has 100 heavy (non-hydrogen) atoms. The second-order valence-electron chi connectivity index (χ2n) is 25.5. The van der Waals surface area contributed by atoms with Crippen molar-refractivity contribution >= 4 is 143 Å². The smallest absolute Gasteiger partial charge is 0.415 e. The highest BCUT2D eigenvalue weighted by atomic mass is 35.5. The van der Waals surface area contributed by atoms with Crippen molar-refractivity contribution < 1.29 is 87.3 Å². The summed E-state index contributed by atoms with van der Waals surface area (Å²) in [6.07, 6.45) is -8.92. The highest BCUT2D eigenvalue weighted by Crippen LogP contribution is 2.51. The second-order valence-corrected chi connectivity index (χ2v) is 27.9. The number of alkyl halides is 2. The molecule has 0 radical (unpaired) electrons. The molecule has 0 aliphatic carbocycles. The first-order valence-electron chi connectivity index (χ1n) is 32.8. The van der Waals surface area contributed by atoms with E-state index in [0.717, 1.165) is 33.0 Å². The number of aliphatic hydroxyl groups excluding tert-OH is 3. The summed E-state index contributed by atoms with van der Waals surface area (Å²) in [6.45, 7) is 9.35. The number of hydrogen-bond acceptors (Lipinski definition) is 20. The van der Waals surface area contributed by atoms with Gasteiger partial charge in [0.15, 0.2) is 11.9 Å². The van der Waals surface area contributed by atoms with Gasteiger partial charge in [0.25, 0.3) is 0 Å². The molecule has 13 N–H and O–H groups in total. The van der Waals surface area contributed by atoms with Gasteiger partial charge < -0.3 is 97.0 Å². The number of aryl methyl sites for hydroxylation is 2. The third kappa shape index (κ3) is 18.5. The van der Waals surface area contributed by atoms with Crippen LogP contribution in [0, 0.1) is 19.8 Å². The van der Waals surface area contributed by atoms with Crippen molar-refractivity contribution in [2.75, 3.05) is 80.2 Å². The maximum Gasteiger partial charge on any atom is 0.415 e. The molecule has 3 aromatic carbocycles. The number of primary amides is 1. The van der Waals surface area contributed by atoms with Crippen LogP contribution in [0.25, 0.3) is 20.2 Å². The Morgan fingerprint density at radius 1 is 0.710 bits per heavy atom. The predicted molar refractivity (Wildman–Crippen MR) is 376 cm³/mol. The average molecular weight is 1470 g/mol. The van der Waals surface area contributed by atoms with Gasteiger partial charge in [-0.25, -0.2) is 19.2 Å². The Labute approximate surface area is 595 Å². The van der Waals surface area contributed by atoms with Crippen molar-refractivity contribution in [1.82, 2.24) is 31.1 Å². The third-order valence-corrected chi connectivity index (χ3v) is 20.7. The van der Waals surface area contributed by atoms with E-state index in [0.29, 0.717) is 57.8 Å². The van der Waals surface area contributed by atoms with Gasteiger partial charge in [-0.05, 0) is 116 Å². The van der Waals surface area contributed by atoms with Crippen molar-refractivity contribution in [3.63, 3.8) is 0 Å². The maximum absolute atomic E-state index is 14.4. The number of carbonyl (C=O) groups is 10. The standard InChI is InChI=1S/C67H87Cl2N11O18S2/c1-33(2)53(76-61(88)41(73-36(5)81)12-8-9-20-70)62(89)75-42(13-11-21-72-65(71)92)60(87)74-40-18-16-37(17-19-40)30-95-66(93)77(6)22-23-78(7)67(94)97-46-25-44-52(50-35(4)32-100-59(46)50)39(27-69)29-80(44)48(83)15-10-14-47(82)79-28-38(26-68)51-43(79)24-45(58-49(51)34(3)31-99-58)96-64-56(86)54(84)55(85)57(98-64)63(90)91/h16-19,24-25,31-33,38-39,41-42,53-57,64,84-86H,8-15,20-23,26-30,70H2,1-7H3,(H,73,81)(H,74,87)(H,75,89)(H,76,88)(H,90,91)(H3,71,72,92)/t38-,39-,41+,42+,53+,54+,55+,56-,57+,64-/m1/s1. The van der Waals surface area contributed by atoms with Gasteiger partial charge >= 0.3 is 24.2 Å². The molecule has 10 amide bonds. The van der Waals surface area contributed by atoms with Gasteiger partial charge in [0.1, 0.15) is 48.8 Å². The normalized spacial score (nSPS) is 19.4. The molecule has 544 valence electrons. The Morgan fingerprint density at radius 2 is 1.26 bits per heavy atom. The number of benzene rings is 3. The van der Waals surface area contributed by atoms with Crippen LogP contribution in [0.4, 0.5) is 31.4 Å². The number of likely N-dealkylation sites (N-methyl/N-ethyl adjacent to an activating group) is 2. The Balaban J connectivity index is 0.851. The van der Waals surface area contributed by atoms with Crippen LogP contribution in [-0.4, -0.2) is 204 Å². The van der Waals surface area contributed by atoms with Crippen molar-refractivity contribution in [3.8, 4) is 11.5 Å². The van der Waals surface area contributed by atoms with Crippen LogP contribution in [0.2, 0.25) is 0 Å². The molecule has 3 aliphatic rings. The molecule has 5 heterocycles. The number of halogens is 2. The molecule has 29 nitrogen and oxygen atoms in total. The Morgan fingerprint density at radius 3 is 1.80 bits per heavy atom. The monoisotopic (exact) mass is 1470 g/mol. The number of carboxylic acids is 1. The zero-order valence-corrected chi connectivity index (χ0v) is 59.7. The summed E-state index contributed by atoms with van der Waals surface area (Å²) >= 11 is 15.9. The number of aliphatic hydroxyl groups is 3. The molecule has 8 rings (SSSR count). The summed E-state index contributed by atoms with van der Waals surface area (Å²) in [5.74, 6) is -4.77. The lowest BCUT2D eigenvalue weighted by Gasteiger charge is -2.38. The number of thiophene rings is 2. The number of nitrogens with two attached hydrogens (primary N) is 2. The van der Waals surface area contributed by atoms with E-state index in [1.165, 1.54) is 53.5 Å². The van der Waals surface area contributed by atoms with Crippen molar-refractivity contribution in [2.45, 2.75) is 153 Å². The molecular formula is C67H87Cl2N11O18S2. The van der Waals surface area contributed by atoms with Gasteiger partial charge in [-0.15, -0.1) is 45.9 Å². The number of rotatable bonds is 31. The number of nitrogens with zero attached hydrogens (tertiary/aromatic N) is 4. The molecule has 0 spiro atoms. The number of fused-ring (bicyclic) bond motifs is 6. The summed E-state index contributed by atoms with van der Waals surface area (Å²) in [5.41, 5.74) is 16.1. The van der Waals surface area contributed by atoms with E-state index in [1.807, 2.05) is 24.6 Å². The first kappa shape index (κ1) is 77.6. The Hall–Kier alpha value is -8.14. The molecule has 2 aromatic heterocycles. The van der Waals surface area contributed by atoms with Gasteiger partial charge in [0.05, 0.1) is 20.8 Å². The van der Waals surface area contributed by atoms with Gasteiger partial charge in [-0.1, -0.05) is 26.0 Å². The topological polar surface area (TPSA) is 414 Å². The number of hydrogen-bond donors (Lipinski definition) is 11. The van der Waals surface area contributed by atoms with Crippen molar-refractivity contribution in [3.05, 3.63) is 75.0 Å². The molecular weight excluding hydrogens is 1380 g/mol. The lowest BCUT2D eigenvalue weighted by molar-refractivity contribution is -0.270. The molecule has 0 unspecified atom stereocenters. The maximum atomic E-state index is 14.4. The van der Waals surface area contributed by atoms with E-state index in [9.17, 15) is 68.4 Å². The average Bonchev–Trinajstić information content (AvgIpc) is 1.58. The number of urea groups is 1. The molecule has 33 heteroatoms. The van der Waals surface area contributed by atoms with E-state index < -0.39 is 103 Å². The fourth-order valence-corrected chi connectivity index (χ4v) is 14.8. The van der Waals surface area contributed by atoms with Crippen LogP contribution in [0.5, 0.6) is 11.5 Å². The van der Waals surface area contributed by atoms with Crippen molar-refractivity contribution in [2.24, 2.45) is 17.4 Å². The van der Waals surface area contributed by atoms with Crippen molar-refractivity contribution in [1.29, 1.82) is 0 Å². The number of anilines is 3. The van der Waals surface area contributed by atoms with Crippen LogP contribution in [-0.2, 0) is 49.6 Å². The molecule has 3 aliphatic heterocycles. The van der Waals surface area contributed by atoms with Crippen LogP contribution in [0.3, 0.4) is 0 Å². The molecule has 0 saturated carbocycles. The van der Waals surface area contributed by atoms with Crippen LogP contribution in [0.15, 0.2) is 47.2 Å². The fraction of sp³-hybridized carbons (Fsp3) is 0.522. The number of ether oxygens (including phenoxy) is 4. The number of aliphatic carboxylic acids is 1. The van der Waals surface area contributed by atoms with E-state index in [-0.39, 0.29) is 118 Å². The third-order valence-electron chi connectivity index (χ3n) is 17.7. The number of amides is 10. The summed E-state index contributed by atoms with van der Waals surface area (Å²) in [7, 11) is 3.01. The fourth-order valence-electron chi connectivity index (χ4n) is 12.3. The molecule has 5 aromatic rings. The second kappa shape index (κ2) is 35.0. The molecule has 1 saturated heterocycles. The zero-order valence-electron chi connectivity index (χ0n) is 56.5. The summed E-state index contributed by atoms with van der Waals surface area (Å²) < 4.78 is 24.5. The minimum Gasteiger partial charge on any atom is -0.479 e. The zero-order chi connectivity index (χ0) is 73.0. The first-order valence-corrected chi connectivity index (χ1v) is 35.6. The molecule has 10 atom stereocenters. The van der Waals surface area contributed by atoms with Crippen LogP contribution >= 0.6 is 45.9 Å². The highest BCUT2D eigenvalue weighted by molar-refractivity contribution is 7.18.